The summed E-state index contributed by atoms with van der Waals surface area (Å²) >= 11 is 0. The largest absolute Gasteiger partial charge is 0.330 e. The van der Waals surface area contributed by atoms with Crippen molar-refractivity contribution in [3.8, 4) is 0 Å². The van der Waals surface area contributed by atoms with Gasteiger partial charge in [-0.05, 0) is 43.7 Å². The lowest BCUT2D eigenvalue weighted by atomic mass is 9.80. The minimum atomic E-state index is 0.781. The Morgan fingerprint density at radius 2 is 2.00 bits per heavy atom. The monoisotopic (exact) mass is 210 g/mol. The molecule has 1 saturated heterocycles. The molecule has 15 heavy (non-hydrogen) atoms. The first-order valence-corrected chi connectivity index (χ1v) is 6.72. The molecule has 3 atom stereocenters. The maximum atomic E-state index is 5.73. The molecular weight excluding hydrogens is 184 g/mol. The fraction of sp³-hybridized carbons (Fsp3) is 1.00. The van der Waals surface area contributed by atoms with Gasteiger partial charge in [-0.1, -0.05) is 26.2 Å². The Bertz CT molecular complexity index is 193. The van der Waals surface area contributed by atoms with Crippen LogP contribution < -0.4 is 5.73 Å². The van der Waals surface area contributed by atoms with Crippen LogP contribution in [-0.2, 0) is 0 Å². The predicted molar refractivity (Wildman–Crippen MR) is 64.7 cm³/mol. The van der Waals surface area contributed by atoms with Crippen LogP contribution in [0.3, 0.4) is 0 Å². The predicted octanol–water partition coefficient (Wildman–Crippen LogP) is 2.09. The van der Waals surface area contributed by atoms with E-state index in [1.807, 2.05) is 0 Å². The molecule has 2 rings (SSSR count). The highest BCUT2D eigenvalue weighted by Crippen LogP contribution is 2.31. The van der Waals surface area contributed by atoms with Crippen LogP contribution in [0.4, 0.5) is 0 Å². The van der Waals surface area contributed by atoms with Crippen LogP contribution in [0.2, 0.25) is 0 Å². The summed E-state index contributed by atoms with van der Waals surface area (Å²) in [6.07, 6.45) is 7.17. The van der Waals surface area contributed by atoms with Crippen LogP contribution in [-0.4, -0.2) is 31.1 Å². The number of nitrogens with two attached hydrogens (primary N) is 1. The van der Waals surface area contributed by atoms with Crippen molar-refractivity contribution >= 4 is 0 Å². The zero-order valence-electron chi connectivity index (χ0n) is 10.1. The summed E-state index contributed by atoms with van der Waals surface area (Å²) in [5, 5.41) is 0. The van der Waals surface area contributed by atoms with Gasteiger partial charge in [0.15, 0.2) is 0 Å². The van der Waals surface area contributed by atoms with Crippen LogP contribution in [0, 0.1) is 17.8 Å². The van der Waals surface area contributed by atoms with Gasteiger partial charge in [0.1, 0.15) is 0 Å². The van der Waals surface area contributed by atoms with Gasteiger partial charge in [0.25, 0.3) is 0 Å². The molecule has 1 saturated carbocycles. The molecule has 0 spiro atoms. The molecule has 2 nitrogen and oxygen atoms in total. The minimum absolute atomic E-state index is 0.781. The van der Waals surface area contributed by atoms with Gasteiger partial charge in [-0.2, -0.15) is 0 Å². The Labute approximate surface area is 94.2 Å². The number of likely N-dealkylation sites (tertiary alicyclic amines) is 1. The Morgan fingerprint density at radius 3 is 2.67 bits per heavy atom. The summed E-state index contributed by atoms with van der Waals surface area (Å²) in [6, 6.07) is 0. The quantitative estimate of drug-likeness (QED) is 0.773. The average Bonchev–Trinajstić information content (AvgIpc) is 2.69. The van der Waals surface area contributed by atoms with Crippen molar-refractivity contribution < 1.29 is 0 Å². The summed E-state index contributed by atoms with van der Waals surface area (Å²) in [4.78, 5) is 2.66. The number of hydrogen-bond donors (Lipinski definition) is 1. The van der Waals surface area contributed by atoms with E-state index in [2.05, 4.69) is 11.8 Å². The first-order valence-electron chi connectivity index (χ1n) is 6.72. The third kappa shape index (κ3) is 2.94. The normalized spacial score (nSPS) is 38.4. The molecule has 88 valence electrons. The lowest BCUT2D eigenvalue weighted by Gasteiger charge is -2.32. The van der Waals surface area contributed by atoms with Gasteiger partial charge in [-0.25, -0.2) is 0 Å². The summed E-state index contributed by atoms with van der Waals surface area (Å²) in [6.45, 7) is 7.24. The highest BCUT2D eigenvalue weighted by Gasteiger charge is 2.27. The maximum Gasteiger partial charge on any atom is 0.00223 e. The average molecular weight is 210 g/mol. The molecule has 0 aromatic rings. The van der Waals surface area contributed by atoms with Gasteiger partial charge in [0.2, 0.25) is 0 Å². The van der Waals surface area contributed by atoms with Crippen molar-refractivity contribution in [2.24, 2.45) is 23.5 Å². The number of nitrogens with zero attached hydrogens (tertiary/aromatic N) is 1. The summed E-state index contributed by atoms with van der Waals surface area (Å²) < 4.78 is 0. The second kappa shape index (κ2) is 5.31. The van der Waals surface area contributed by atoms with E-state index in [0.717, 1.165) is 24.3 Å². The molecule has 0 aromatic carbocycles. The van der Waals surface area contributed by atoms with E-state index in [9.17, 15) is 0 Å². The first-order chi connectivity index (χ1) is 7.29. The van der Waals surface area contributed by atoms with Crippen LogP contribution in [0.1, 0.15) is 39.0 Å². The first kappa shape index (κ1) is 11.4. The Hall–Kier alpha value is -0.0800. The van der Waals surface area contributed by atoms with Crippen LogP contribution >= 0.6 is 0 Å². The second-order valence-electron chi connectivity index (χ2n) is 5.67. The highest BCUT2D eigenvalue weighted by atomic mass is 15.1. The summed E-state index contributed by atoms with van der Waals surface area (Å²) in [5.74, 6) is 2.70. The molecule has 0 amide bonds. The molecular formula is C13H26N2. The standard InChI is InChI=1S/C13H26N2/c1-11-4-2-3-5-13(11)10-15-7-6-12(8-14)9-15/h11-13H,2-10,14H2,1H3. The lowest BCUT2D eigenvalue weighted by Crippen LogP contribution is -2.32. The molecule has 1 aliphatic heterocycles. The third-order valence-electron chi connectivity index (χ3n) is 4.49. The van der Waals surface area contributed by atoms with Gasteiger partial charge in [0, 0.05) is 13.1 Å². The lowest BCUT2D eigenvalue weighted by molar-refractivity contribution is 0.177. The SMILES string of the molecule is CC1CCCCC1CN1CCC(CN)C1. The molecule has 0 radical (unpaired) electrons. The zero-order valence-corrected chi connectivity index (χ0v) is 10.1. The Morgan fingerprint density at radius 1 is 1.20 bits per heavy atom. The van der Waals surface area contributed by atoms with Crippen molar-refractivity contribution in [3.05, 3.63) is 0 Å². The topological polar surface area (TPSA) is 29.3 Å². The number of hydrogen-bond acceptors (Lipinski definition) is 2. The van der Waals surface area contributed by atoms with E-state index >= 15 is 0 Å². The molecule has 1 aliphatic carbocycles. The molecule has 0 aromatic heterocycles. The molecule has 0 bridgehead atoms. The molecule has 2 aliphatic rings. The van der Waals surface area contributed by atoms with Gasteiger partial charge in [0.05, 0.1) is 0 Å². The van der Waals surface area contributed by atoms with Crippen molar-refractivity contribution in [2.45, 2.75) is 39.0 Å². The zero-order chi connectivity index (χ0) is 10.7. The van der Waals surface area contributed by atoms with Gasteiger partial charge in [-0.15, -0.1) is 0 Å². The van der Waals surface area contributed by atoms with E-state index in [0.29, 0.717) is 0 Å². The number of rotatable bonds is 3. The molecule has 2 N–H and O–H groups in total. The Kier molecular flexibility index (Phi) is 4.04. The summed E-state index contributed by atoms with van der Waals surface area (Å²) in [7, 11) is 0. The van der Waals surface area contributed by atoms with Crippen molar-refractivity contribution in [3.63, 3.8) is 0 Å². The third-order valence-corrected chi connectivity index (χ3v) is 4.49. The van der Waals surface area contributed by atoms with Crippen molar-refractivity contribution in [1.82, 2.24) is 4.90 Å². The maximum absolute atomic E-state index is 5.73. The van der Waals surface area contributed by atoms with E-state index in [1.54, 1.807) is 0 Å². The van der Waals surface area contributed by atoms with E-state index in [1.165, 1.54) is 51.7 Å². The fourth-order valence-corrected chi connectivity index (χ4v) is 3.27. The van der Waals surface area contributed by atoms with Crippen LogP contribution in [0.15, 0.2) is 0 Å². The fourth-order valence-electron chi connectivity index (χ4n) is 3.27. The van der Waals surface area contributed by atoms with Crippen molar-refractivity contribution in [2.75, 3.05) is 26.2 Å². The van der Waals surface area contributed by atoms with E-state index < -0.39 is 0 Å². The molecule has 2 heteroatoms. The van der Waals surface area contributed by atoms with E-state index in [4.69, 9.17) is 5.73 Å². The second-order valence-corrected chi connectivity index (χ2v) is 5.67. The Balaban J connectivity index is 1.76. The smallest absolute Gasteiger partial charge is 0.00223 e. The van der Waals surface area contributed by atoms with Crippen LogP contribution in [0.25, 0.3) is 0 Å². The van der Waals surface area contributed by atoms with Crippen LogP contribution in [0.5, 0.6) is 0 Å². The molecule has 3 unspecified atom stereocenters. The molecule has 1 heterocycles. The van der Waals surface area contributed by atoms with Gasteiger partial charge >= 0.3 is 0 Å². The van der Waals surface area contributed by atoms with Gasteiger partial charge < -0.3 is 10.6 Å². The molecule has 2 fully saturated rings. The minimum Gasteiger partial charge on any atom is -0.330 e. The van der Waals surface area contributed by atoms with Crippen molar-refractivity contribution in [1.29, 1.82) is 0 Å². The van der Waals surface area contributed by atoms with Gasteiger partial charge in [-0.3, -0.25) is 0 Å². The summed E-state index contributed by atoms with van der Waals surface area (Å²) in [5.41, 5.74) is 5.73. The highest BCUT2D eigenvalue weighted by molar-refractivity contribution is 4.81. The van der Waals surface area contributed by atoms with E-state index in [-0.39, 0.29) is 0 Å².